The number of methoxy groups -OCH3 is 1. The smallest absolute Gasteiger partial charge is 0.266 e. The lowest BCUT2D eigenvalue weighted by Crippen LogP contribution is -2.22. The summed E-state index contributed by atoms with van der Waals surface area (Å²) in [4.78, 5) is 18.2. The highest BCUT2D eigenvalue weighted by Crippen LogP contribution is 2.30. The summed E-state index contributed by atoms with van der Waals surface area (Å²) in [7, 11) is 1.43. The Labute approximate surface area is 183 Å². The molecule has 158 valence electrons. The summed E-state index contributed by atoms with van der Waals surface area (Å²) in [6, 6.07) is 19.4. The van der Waals surface area contributed by atoms with Gasteiger partial charge >= 0.3 is 0 Å². The Morgan fingerprint density at radius 2 is 1.81 bits per heavy atom. The van der Waals surface area contributed by atoms with Gasteiger partial charge in [0.25, 0.3) is 5.56 Å². The van der Waals surface area contributed by atoms with Crippen molar-refractivity contribution in [3.8, 4) is 17.2 Å². The second-order valence-corrected chi connectivity index (χ2v) is 7.65. The van der Waals surface area contributed by atoms with Crippen LogP contribution in [-0.4, -0.2) is 23.3 Å². The average Bonchev–Trinajstić information content (AvgIpc) is 2.79. The van der Waals surface area contributed by atoms with Gasteiger partial charge in [-0.25, -0.2) is 9.37 Å². The molecule has 0 saturated carbocycles. The number of thioether (sulfide) groups is 1. The number of hydrogen-bond donors (Lipinski definition) is 0. The number of rotatable bonds is 7. The van der Waals surface area contributed by atoms with Gasteiger partial charge in [-0.2, -0.15) is 0 Å². The number of ether oxygens (including phenoxy) is 2. The molecule has 0 aliphatic carbocycles. The Bertz CT molecular complexity index is 1290. The van der Waals surface area contributed by atoms with E-state index in [1.807, 2.05) is 49.4 Å². The first-order valence-electron chi connectivity index (χ1n) is 9.81. The van der Waals surface area contributed by atoms with Crippen molar-refractivity contribution in [2.45, 2.75) is 17.8 Å². The lowest BCUT2D eigenvalue weighted by atomic mass is 10.2. The minimum atomic E-state index is -0.425. The fourth-order valence-corrected chi connectivity index (χ4v) is 4.24. The summed E-state index contributed by atoms with van der Waals surface area (Å²) in [5, 5.41) is 1.03. The maximum absolute atomic E-state index is 14.1. The van der Waals surface area contributed by atoms with E-state index in [1.54, 1.807) is 22.8 Å². The molecule has 31 heavy (non-hydrogen) atoms. The second kappa shape index (κ2) is 9.22. The van der Waals surface area contributed by atoms with Crippen LogP contribution in [0.5, 0.6) is 11.5 Å². The van der Waals surface area contributed by atoms with Crippen LogP contribution in [0.2, 0.25) is 0 Å². The van der Waals surface area contributed by atoms with E-state index in [1.165, 1.54) is 24.9 Å². The molecule has 1 heterocycles. The lowest BCUT2D eigenvalue weighted by Gasteiger charge is -2.16. The summed E-state index contributed by atoms with van der Waals surface area (Å²) in [5.74, 6) is 0.801. The molecule has 4 aromatic rings. The minimum Gasteiger partial charge on any atom is -0.494 e. The topological polar surface area (TPSA) is 53.4 Å². The van der Waals surface area contributed by atoms with Crippen molar-refractivity contribution in [3.05, 3.63) is 88.5 Å². The Hall–Kier alpha value is -3.32. The SMILES string of the molecule is CCOc1ccccc1-n1c(SCc2ccc(OC)c(F)c2)nc2ccccc2c1=O. The second-order valence-electron chi connectivity index (χ2n) is 6.71. The predicted molar refractivity (Wildman–Crippen MR) is 121 cm³/mol. The molecule has 0 atom stereocenters. The Morgan fingerprint density at radius 3 is 2.58 bits per heavy atom. The van der Waals surface area contributed by atoms with Crippen molar-refractivity contribution in [2.24, 2.45) is 0 Å². The Kier molecular flexibility index (Phi) is 6.23. The summed E-state index contributed by atoms with van der Waals surface area (Å²) < 4.78 is 26.4. The zero-order valence-corrected chi connectivity index (χ0v) is 18.0. The van der Waals surface area contributed by atoms with Gasteiger partial charge in [0.1, 0.15) is 5.75 Å². The van der Waals surface area contributed by atoms with Gasteiger partial charge in [0, 0.05) is 5.75 Å². The van der Waals surface area contributed by atoms with Gasteiger partial charge in [-0.1, -0.05) is 42.1 Å². The van der Waals surface area contributed by atoms with E-state index in [4.69, 9.17) is 14.5 Å². The van der Waals surface area contributed by atoms with Crippen LogP contribution in [0.25, 0.3) is 16.6 Å². The van der Waals surface area contributed by atoms with Crippen LogP contribution in [-0.2, 0) is 5.75 Å². The first-order chi connectivity index (χ1) is 15.1. The van der Waals surface area contributed by atoms with Crippen LogP contribution in [0.3, 0.4) is 0 Å². The van der Waals surface area contributed by atoms with Crippen LogP contribution in [0, 0.1) is 5.82 Å². The predicted octanol–water partition coefficient (Wildman–Crippen LogP) is 5.22. The molecular formula is C24H21FN2O3S. The summed E-state index contributed by atoms with van der Waals surface area (Å²) >= 11 is 1.36. The van der Waals surface area contributed by atoms with E-state index in [0.29, 0.717) is 39.9 Å². The molecule has 1 aromatic heterocycles. The number of hydrogen-bond acceptors (Lipinski definition) is 5. The number of halogens is 1. The Morgan fingerprint density at radius 1 is 1.03 bits per heavy atom. The van der Waals surface area contributed by atoms with E-state index >= 15 is 0 Å². The van der Waals surface area contributed by atoms with Crippen molar-refractivity contribution in [1.82, 2.24) is 9.55 Å². The number of aromatic nitrogens is 2. The molecule has 0 fully saturated rings. The van der Waals surface area contributed by atoms with Crippen molar-refractivity contribution in [3.63, 3.8) is 0 Å². The van der Waals surface area contributed by atoms with E-state index in [9.17, 15) is 9.18 Å². The molecule has 0 aliphatic rings. The first-order valence-corrected chi connectivity index (χ1v) is 10.8. The molecule has 4 rings (SSSR count). The van der Waals surface area contributed by atoms with Gasteiger partial charge in [-0.3, -0.25) is 9.36 Å². The maximum Gasteiger partial charge on any atom is 0.266 e. The molecule has 0 bridgehead atoms. The van der Waals surface area contributed by atoms with Gasteiger partial charge in [0.2, 0.25) is 0 Å². The van der Waals surface area contributed by atoms with Crippen LogP contribution >= 0.6 is 11.8 Å². The number of nitrogens with zero attached hydrogens (tertiary/aromatic N) is 2. The lowest BCUT2D eigenvalue weighted by molar-refractivity contribution is 0.338. The highest BCUT2D eigenvalue weighted by Gasteiger charge is 2.17. The van der Waals surface area contributed by atoms with Crippen LogP contribution in [0.1, 0.15) is 12.5 Å². The molecule has 0 spiro atoms. The average molecular weight is 437 g/mol. The van der Waals surface area contributed by atoms with Crippen molar-refractivity contribution in [2.75, 3.05) is 13.7 Å². The van der Waals surface area contributed by atoms with Gasteiger partial charge in [0.15, 0.2) is 16.7 Å². The van der Waals surface area contributed by atoms with E-state index < -0.39 is 5.82 Å². The third-order valence-electron chi connectivity index (χ3n) is 4.74. The monoisotopic (exact) mass is 436 g/mol. The van der Waals surface area contributed by atoms with Crippen LogP contribution in [0.15, 0.2) is 76.7 Å². The zero-order chi connectivity index (χ0) is 21.8. The third kappa shape index (κ3) is 4.27. The molecular weight excluding hydrogens is 415 g/mol. The molecule has 5 nitrogen and oxygen atoms in total. The largest absolute Gasteiger partial charge is 0.494 e. The summed E-state index contributed by atoms with van der Waals surface area (Å²) in [6.45, 7) is 2.37. The molecule has 3 aromatic carbocycles. The zero-order valence-electron chi connectivity index (χ0n) is 17.2. The van der Waals surface area contributed by atoms with Crippen molar-refractivity contribution < 1.29 is 13.9 Å². The van der Waals surface area contributed by atoms with Gasteiger partial charge < -0.3 is 9.47 Å². The molecule has 0 radical (unpaired) electrons. The van der Waals surface area contributed by atoms with Crippen molar-refractivity contribution >= 4 is 22.7 Å². The van der Waals surface area contributed by atoms with Crippen LogP contribution < -0.4 is 15.0 Å². The normalized spacial score (nSPS) is 10.9. The van der Waals surface area contributed by atoms with Gasteiger partial charge in [-0.05, 0) is 48.9 Å². The number of benzene rings is 3. The highest BCUT2D eigenvalue weighted by atomic mass is 32.2. The molecule has 0 unspecified atom stereocenters. The van der Waals surface area contributed by atoms with Gasteiger partial charge in [0.05, 0.1) is 30.3 Å². The summed E-state index contributed by atoms with van der Waals surface area (Å²) in [5.41, 5.74) is 1.81. The highest BCUT2D eigenvalue weighted by molar-refractivity contribution is 7.98. The summed E-state index contributed by atoms with van der Waals surface area (Å²) in [6.07, 6.45) is 0. The molecule has 7 heteroatoms. The maximum atomic E-state index is 14.1. The number of fused-ring (bicyclic) bond motifs is 1. The first kappa shape index (κ1) is 20.9. The van der Waals surface area contributed by atoms with Gasteiger partial charge in [-0.15, -0.1) is 0 Å². The minimum absolute atomic E-state index is 0.179. The van der Waals surface area contributed by atoms with E-state index in [0.717, 1.165) is 5.56 Å². The van der Waals surface area contributed by atoms with E-state index in [-0.39, 0.29) is 11.3 Å². The fourth-order valence-electron chi connectivity index (χ4n) is 3.29. The molecule has 0 saturated heterocycles. The molecule has 0 aliphatic heterocycles. The van der Waals surface area contributed by atoms with E-state index in [2.05, 4.69) is 0 Å². The van der Waals surface area contributed by atoms with Crippen LogP contribution in [0.4, 0.5) is 4.39 Å². The Balaban J connectivity index is 1.82. The molecule has 0 amide bonds. The molecule has 0 N–H and O–H groups in total. The standard InChI is InChI=1S/C24H21FN2O3S/c1-3-30-22-11-7-6-10-20(22)27-23(28)17-8-4-5-9-19(17)26-24(27)31-15-16-12-13-21(29-2)18(25)14-16/h4-14H,3,15H2,1-2H3. The van der Waals surface area contributed by atoms with Crippen molar-refractivity contribution in [1.29, 1.82) is 0 Å². The fraction of sp³-hybridized carbons (Fsp3) is 0.167. The quantitative estimate of drug-likeness (QED) is 0.294. The number of para-hydroxylation sites is 3. The third-order valence-corrected chi connectivity index (χ3v) is 5.74.